The third kappa shape index (κ3) is 3.75. The number of ether oxygens (including phenoxy) is 1. The van der Waals surface area contributed by atoms with E-state index < -0.39 is 0 Å². The van der Waals surface area contributed by atoms with Gasteiger partial charge in [-0.1, -0.05) is 18.2 Å². The largest absolute Gasteiger partial charge is 0.489 e. The normalized spacial score (nSPS) is 11.0. The number of nitrogens with zero attached hydrogens (tertiary/aromatic N) is 2. The fourth-order valence-corrected chi connectivity index (χ4v) is 3.94. The third-order valence-electron chi connectivity index (χ3n) is 4.33. The number of halogens is 1. The minimum atomic E-state index is -0.277. The van der Waals surface area contributed by atoms with Crippen LogP contribution in [-0.2, 0) is 13.7 Å². The number of hydrogen-bond donors (Lipinski definition) is 1. The van der Waals surface area contributed by atoms with Crippen LogP contribution in [0.1, 0.15) is 20.9 Å². The second-order valence-corrected chi connectivity index (χ2v) is 7.47. The maximum atomic E-state index is 13.0. The predicted molar refractivity (Wildman–Crippen MR) is 108 cm³/mol. The Morgan fingerprint density at radius 2 is 2.00 bits per heavy atom. The van der Waals surface area contributed by atoms with Gasteiger partial charge in [-0.25, -0.2) is 4.39 Å². The molecule has 142 valence electrons. The fraction of sp³-hybridized carbons (Fsp3) is 0.143. The molecule has 0 aliphatic rings. The lowest BCUT2D eigenvalue weighted by molar-refractivity contribution is 0.103. The van der Waals surface area contributed by atoms with Gasteiger partial charge in [0.2, 0.25) is 0 Å². The molecule has 2 aromatic heterocycles. The number of carbonyl (C=O) groups excluding carboxylic acids is 1. The maximum Gasteiger partial charge on any atom is 0.265 e. The van der Waals surface area contributed by atoms with Crippen LogP contribution in [0.4, 0.5) is 10.1 Å². The SMILES string of the molecule is Cc1nn(C)c2sc(C(=O)Nc3cccc(OCc4ccc(F)cc4)c3)cc12. The molecule has 4 rings (SSSR count). The number of hydrogen-bond acceptors (Lipinski definition) is 4. The Balaban J connectivity index is 1.45. The molecule has 2 heterocycles. The van der Waals surface area contributed by atoms with Crippen LogP contribution >= 0.6 is 11.3 Å². The molecule has 1 N–H and O–H groups in total. The van der Waals surface area contributed by atoms with E-state index in [9.17, 15) is 9.18 Å². The summed E-state index contributed by atoms with van der Waals surface area (Å²) in [6.07, 6.45) is 0. The van der Waals surface area contributed by atoms with Gasteiger partial charge in [0.25, 0.3) is 5.91 Å². The molecule has 5 nitrogen and oxygen atoms in total. The molecule has 1 amide bonds. The van der Waals surface area contributed by atoms with Crippen LogP contribution in [0.15, 0.2) is 54.6 Å². The molecule has 0 saturated carbocycles. The highest BCUT2D eigenvalue weighted by molar-refractivity contribution is 7.20. The average Bonchev–Trinajstić information content (AvgIpc) is 3.23. The summed E-state index contributed by atoms with van der Waals surface area (Å²) >= 11 is 1.41. The molecular weight excluding hydrogens is 377 g/mol. The first-order chi connectivity index (χ1) is 13.5. The average molecular weight is 395 g/mol. The lowest BCUT2D eigenvalue weighted by Gasteiger charge is -2.09. The van der Waals surface area contributed by atoms with Crippen LogP contribution in [0.3, 0.4) is 0 Å². The highest BCUT2D eigenvalue weighted by Crippen LogP contribution is 2.28. The molecule has 0 aliphatic heterocycles. The van der Waals surface area contributed by atoms with E-state index in [1.165, 1.54) is 23.5 Å². The van der Waals surface area contributed by atoms with Crippen molar-refractivity contribution in [3.05, 3.63) is 76.5 Å². The molecule has 0 atom stereocenters. The van der Waals surface area contributed by atoms with E-state index in [0.717, 1.165) is 21.5 Å². The first-order valence-electron chi connectivity index (χ1n) is 8.71. The minimum Gasteiger partial charge on any atom is -0.489 e. The van der Waals surface area contributed by atoms with E-state index in [-0.39, 0.29) is 11.7 Å². The highest BCUT2D eigenvalue weighted by atomic mass is 32.1. The summed E-state index contributed by atoms with van der Waals surface area (Å²) in [6.45, 7) is 2.25. The zero-order valence-electron chi connectivity index (χ0n) is 15.4. The standard InChI is InChI=1S/C21H18FN3O2S/c1-13-18-11-19(28-21(18)25(2)24-13)20(26)23-16-4-3-5-17(10-16)27-12-14-6-8-15(22)9-7-14/h3-11H,12H2,1-2H3,(H,23,26). The van der Waals surface area contributed by atoms with Crippen molar-refractivity contribution in [2.24, 2.45) is 7.05 Å². The Hall–Kier alpha value is -3.19. The number of rotatable bonds is 5. The summed E-state index contributed by atoms with van der Waals surface area (Å²) < 4.78 is 20.5. The Morgan fingerprint density at radius 3 is 2.75 bits per heavy atom. The molecule has 7 heteroatoms. The number of anilines is 1. The van der Waals surface area contributed by atoms with Gasteiger partial charge in [-0.15, -0.1) is 11.3 Å². The molecule has 0 aliphatic carbocycles. The molecule has 4 aromatic rings. The van der Waals surface area contributed by atoms with E-state index in [2.05, 4.69) is 10.4 Å². The van der Waals surface area contributed by atoms with Gasteiger partial charge in [-0.2, -0.15) is 5.10 Å². The molecule has 28 heavy (non-hydrogen) atoms. The summed E-state index contributed by atoms with van der Waals surface area (Å²) in [5.74, 6) is 0.176. The van der Waals surface area contributed by atoms with Crippen molar-refractivity contribution in [1.29, 1.82) is 0 Å². The van der Waals surface area contributed by atoms with Gasteiger partial charge in [-0.05, 0) is 42.8 Å². The quantitative estimate of drug-likeness (QED) is 0.522. The van der Waals surface area contributed by atoms with E-state index in [1.54, 1.807) is 22.9 Å². The van der Waals surface area contributed by atoms with Crippen LogP contribution in [0.2, 0.25) is 0 Å². The number of benzene rings is 2. The predicted octanol–water partition coefficient (Wildman–Crippen LogP) is 4.91. The molecule has 0 saturated heterocycles. The highest BCUT2D eigenvalue weighted by Gasteiger charge is 2.15. The first kappa shape index (κ1) is 18.2. The topological polar surface area (TPSA) is 56.2 Å². The number of fused-ring (bicyclic) bond motifs is 1. The van der Waals surface area contributed by atoms with Gasteiger partial charge in [0.15, 0.2) is 0 Å². The molecular formula is C21H18FN3O2S. The van der Waals surface area contributed by atoms with Crippen molar-refractivity contribution in [2.45, 2.75) is 13.5 Å². The first-order valence-corrected chi connectivity index (χ1v) is 9.53. The zero-order chi connectivity index (χ0) is 19.7. The summed E-state index contributed by atoms with van der Waals surface area (Å²) in [7, 11) is 1.87. The molecule has 0 spiro atoms. The number of aryl methyl sites for hydroxylation is 2. The van der Waals surface area contributed by atoms with E-state index >= 15 is 0 Å². The van der Waals surface area contributed by atoms with Crippen LogP contribution in [0.5, 0.6) is 5.75 Å². The fourth-order valence-electron chi connectivity index (χ4n) is 2.92. The number of thiophene rings is 1. The Labute approximate surface area is 165 Å². The smallest absolute Gasteiger partial charge is 0.265 e. The summed E-state index contributed by atoms with van der Waals surface area (Å²) in [6, 6.07) is 15.2. The summed E-state index contributed by atoms with van der Waals surface area (Å²) in [4.78, 5) is 14.2. The van der Waals surface area contributed by atoms with E-state index in [0.29, 0.717) is 22.9 Å². The van der Waals surface area contributed by atoms with Gasteiger partial charge in [0.1, 0.15) is 23.0 Å². The van der Waals surface area contributed by atoms with Crippen molar-refractivity contribution >= 4 is 33.1 Å². The van der Waals surface area contributed by atoms with Crippen LogP contribution in [0.25, 0.3) is 10.2 Å². The van der Waals surface area contributed by atoms with Gasteiger partial charge >= 0.3 is 0 Å². The van der Waals surface area contributed by atoms with Gasteiger partial charge in [-0.3, -0.25) is 9.48 Å². The second kappa shape index (κ2) is 7.44. The second-order valence-electron chi connectivity index (χ2n) is 6.44. The van der Waals surface area contributed by atoms with Crippen molar-refractivity contribution in [3.63, 3.8) is 0 Å². The van der Waals surface area contributed by atoms with Crippen molar-refractivity contribution in [2.75, 3.05) is 5.32 Å². The molecule has 0 radical (unpaired) electrons. The van der Waals surface area contributed by atoms with Crippen molar-refractivity contribution in [1.82, 2.24) is 9.78 Å². The molecule has 0 bridgehead atoms. The van der Waals surface area contributed by atoms with Crippen LogP contribution in [-0.4, -0.2) is 15.7 Å². The molecule has 2 aromatic carbocycles. The lowest BCUT2D eigenvalue weighted by Crippen LogP contribution is -2.10. The van der Waals surface area contributed by atoms with Crippen LogP contribution < -0.4 is 10.1 Å². The molecule has 0 fully saturated rings. The zero-order valence-corrected chi connectivity index (χ0v) is 16.2. The monoisotopic (exact) mass is 395 g/mol. The van der Waals surface area contributed by atoms with Crippen LogP contribution in [0, 0.1) is 12.7 Å². The van der Waals surface area contributed by atoms with Gasteiger partial charge in [0.05, 0.1) is 10.6 Å². The lowest BCUT2D eigenvalue weighted by atomic mass is 10.2. The Morgan fingerprint density at radius 1 is 1.21 bits per heavy atom. The number of carbonyl (C=O) groups is 1. The number of aromatic nitrogens is 2. The van der Waals surface area contributed by atoms with E-state index in [1.807, 2.05) is 38.2 Å². The van der Waals surface area contributed by atoms with Gasteiger partial charge in [0, 0.05) is 24.2 Å². The maximum absolute atomic E-state index is 13.0. The third-order valence-corrected chi connectivity index (χ3v) is 5.53. The molecule has 0 unspecified atom stereocenters. The van der Waals surface area contributed by atoms with Crippen molar-refractivity contribution in [3.8, 4) is 5.75 Å². The summed E-state index contributed by atoms with van der Waals surface area (Å²) in [5, 5.41) is 8.26. The number of nitrogens with one attached hydrogen (secondary N) is 1. The number of amides is 1. The minimum absolute atomic E-state index is 0.170. The van der Waals surface area contributed by atoms with Crippen molar-refractivity contribution < 1.29 is 13.9 Å². The van der Waals surface area contributed by atoms with E-state index in [4.69, 9.17) is 4.74 Å². The van der Waals surface area contributed by atoms with Gasteiger partial charge < -0.3 is 10.1 Å². The Kier molecular flexibility index (Phi) is 4.83. The Bertz CT molecular complexity index is 1110. The summed E-state index contributed by atoms with van der Waals surface area (Å²) in [5.41, 5.74) is 2.42.